The monoisotopic (exact) mass is 227 g/mol. The summed E-state index contributed by atoms with van der Waals surface area (Å²) in [5.74, 6) is -0.547. The maximum absolute atomic E-state index is 13.0. The number of halogens is 2. The molecule has 1 aromatic carbocycles. The molecular formula is C11H11ClFNO. The first-order valence-electron chi connectivity index (χ1n) is 4.79. The van der Waals surface area contributed by atoms with Crippen molar-refractivity contribution in [3.63, 3.8) is 0 Å². The van der Waals surface area contributed by atoms with Crippen LogP contribution in [0.3, 0.4) is 0 Å². The molecule has 1 fully saturated rings. The Morgan fingerprint density at radius 2 is 2.27 bits per heavy atom. The van der Waals surface area contributed by atoms with Crippen molar-refractivity contribution in [3.8, 4) is 0 Å². The lowest BCUT2D eigenvalue weighted by Crippen LogP contribution is -2.35. The lowest BCUT2D eigenvalue weighted by Gasteiger charge is -2.17. The highest BCUT2D eigenvalue weighted by atomic mass is 35.5. The van der Waals surface area contributed by atoms with Crippen molar-refractivity contribution in [3.05, 3.63) is 35.6 Å². The van der Waals surface area contributed by atoms with Crippen LogP contribution in [0.1, 0.15) is 18.4 Å². The third-order valence-corrected chi connectivity index (χ3v) is 2.87. The van der Waals surface area contributed by atoms with E-state index >= 15 is 0 Å². The molecule has 1 amide bonds. The Labute approximate surface area is 92.4 Å². The van der Waals surface area contributed by atoms with E-state index in [9.17, 15) is 9.18 Å². The van der Waals surface area contributed by atoms with E-state index in [4.69, 9.17) is 11.6 Å². The summed E-state index contributed by atoms with van der Waals surface area (Å²) < 4.78 is 13.0. The maximum atomic E-state index is 13.0. The minimum Gasteiger partial charge on any atom is -0.346 e. The first-order valence-corrected chi connectivity index (χ1v) is 5.33. The van der Waals surface area contributed by atoms with Crippen LogP contribution in [0.4, 0.5) is 4.39 Å². The molecule has 0 bridgehead atoms. The van der Waals surface area contributed by atoms with Crippen LogP contribution in [0, 0.1) is 5.82 Å². The molecule has 0 heterocycles. The van der Waals surface area contributed by atoms with E-state index in [-0.39, 0.29) is 23.1 Å². The molecule has 0 atom stereocenters. The quantitative estimate of drug-likeness (QED) is 0.788. The maximum Gasteiger partial charge on any atom is 0.235 e. The van der Waals surface area contributed by atoms with Gasteiger partial charge in [-0.3, -0.25) is 4.79 Å². The summed E-state index contributed by atoms with van der Waals surface area (Å²) in [6.45, 7) is 0. The average Bonchev–Trinajstić information content (AvgIpc) is 2.99. The zero-order chi connectivity index (χ0) is 10.9. The highest BCUT2D eigenvalue weighted by molar-refractivity contribution is 6.27. The van der Waals surface area contributed by atoms with Gasteiger partial charge in [0.05, 0.1) is 5.54 Å². The Morgan fingerprint density at radius 1 is 1.53 bits per heavy atom. The van der Waals surface area contributed by atoms with Gasteiger partial charge in [-0.15, -0.1) is 11.6 Å². The minimum atomic E-state index is -0.367. The summed E-state index contributed by atoms with van der Waals surface area (Å²) in [5, 5.41) is 2.82. The second kappa shape index (κ2) is 3.81. The van der Waals surface area contributed by atoms with E-state index in [2.05, 4.69) is 5.32 Å². The summed E-state index contributed by atoms with van der Waals surface area (Å²) >= 11 is 5.42. The molecule has 1 saturated carbocycles. The number of nitrogens with one attached hydrogen (secondary N) is 1. The molecule has 2 rings (SSSR count). The van der Waals surface area contributed by atoms with Gasteiger partial charge < -0.3 is 5.32 Å². The lowest BCUT2D eigenvalue weighted by atomic mass is 10.0. The summed E-state index contributed by atoms with van der Waals surface area (Å²) in [6.07, 6.45) is 1.69. The Balaban J connectivity index is 2.19. The summed E-state index contributed by atoms with van der Waals surface area (Å²) in [4.78, 5) is 11.2. The fourth-order valence-corrected chi connectivity index (χ4v) is 1.76. The van der Waals surface area contributed by atoms with Crippen LogP contribution in [0.25, 0.3) is 0 Å². The summed E-state index contributed by atoms with van der Waals surface area (Å²) in [5.41, 5.74) is 0.453. The largest absolute Gasteiger partial charge is 0.346 e. The fourth-order valence-electron chi connectivity index (χ4n) is 1.70. The van der Waals surface area contributed by atoms with Crippen molar-refractivity contribution < 1.29 is 9.18 Å². The van der Waals surface area contributed by atoms with Crippen molar-refractivity contribution in [2.45, 2.75) is 18.4 Å². The first kappa shape index (κ1) is 10.4. The molecular weight excluding hydrogens is 217 g/mol. The van der Waals surface area contributed by atoms with E-state index in [0.29, 0.717) is 0 Å². The van der Waals surface area contributed by atoms with Crippen molar-refractivity contribution in [2.75, 3.05) is 5.88 Å². The molecule has 2 nitrogen and oxygen atoms in total. The molecule has 1 N–H and O–H groups in total. The van der Waals surface area contributed by atoms with Crippen molar-refractivity contribution in [1.29, 1.82) is 0 Å². The number of amides is 1. The molecule has 80 valence electrons. The van der Waals surface area contributed by atoms with Crippen LogP contribution < -0.4 is 5.32 Å². The first-order chi connectivity index (χ1) is 7.16. The molecule has 0 spiro atoms. The molecule has 4 heteroatoms. The molecule has 0 radical (unpaired) electrons. The van der Waals surface area contributed by atoms with Crippen LogP contribution in [-0.2, 0) is 10.3 Å². The van der Waals surface area contributed by atoms with Gasteiger partial charge in [-0.2, -0.15) is 0 Å². The SMILES string of the molecule is O=C(CCl)NC1(c2cccc(F)c2)CC1. The number of benzene rings is 1. The Morgan fingerprint density at radius 3 is 2.80 bits per heavy atom. The second-order valence-corrected chi connectivity index (χ2v) is 4.04. The molecule has 0 saturated heterocycles. The predicted octanol–water partition coefficient (Wildman–Crippen LogP) is 2.17. The van der Waals surface area contributed by atoms with E-state index in [1.54, 1.807) is 6.07 Å². The van der Waals surface area contributed by atoms with E-state index in [1.165, 1.54) is 12.1 Å². The zero-order valence-electron chi connectivity index (χ0n) is 8.09. The van der Waals surface area contributed by atoms with Crippen molar-refractivity contribution in [2.24, 2.45) is 0 Å². The van der Waals surface area contributed by atoms with Crippen LogP contribution in [0.2, 0.25) is 0 Å². The Bertz CT molecular complexity index is 390. The number of carbonyl (C=O) groups excluding carboxylic acids is 1. The molecule has 1 aliphatic rings. The fraction of sp³-hybridized carbons (Fsp3) is 0.364. The van der Waals surface area contributed by atoms with Gasteiger partial charge in [0.15, 0.2) is 0 Å². The third kappa shape index (κ3) is 2.12. The average molecular weight is 228 g/mol. The van der Waals surface area contributed by atoms with Gasteiger partial charge in [0.1, 0.15) is 11.7 Å². The van der Waals surface area contributed by atoms with Crippen LogP contribution in [-0.4, -0.2) is 11.8 Å². The smallest absolute Gasteiger partial charge is 0.235 e. The van der Waals surface area contributed by atoms with Gasteiger partial charge >= 0.3 is 0 Å². The van der Waals surface area contributed by atoms with Gasteiger partial charge in [-0.05, 0) is 30.5 Å². The number of carbonyl (C=O) groups is 1. The summed E-state index contributed by atoms with van der Waals surface area (Å²) in [6, 6.07) is 6.33. The van der Waals surface area contributed by atoms with Crippen LogP contribution in [0.5, 0.6) is 0 Å². The predicted molar refractivity (Wildman–Crippen MR) is 56.2 cm³/mol. The minimum absolute atomic E-state index is 0.0585. The van der Waals surface area contributed by atoms with Gasteiger partial charge in [0.2, 0.25) is 5.91 Å². The standard InChI is InChI=1S/C11H11ClFNO/c12-7-10(15)14-11(4-5-11)8-2-1-3-9(13)6-8/h1-3,6H,4-5,7H2,(H,14,15). The lowest BCUT2D eigenvalue weighted by molar-refractivity contribution is -0.119. The normalized spacial score (nSPS) is 17.2. The molecule has 15 heavy (non-hydrogen) atoms. The number of hydrogen-bond acceptors (Lipinski definition) is 1. The van der Waals surface area contributed by atoms with E-state index < -0.39 is 0 Å². The molecule has 1 aromatic rings. The third-order valence-electron chi connectivity index (χ3n) is 2.63. The van der Waals surface area contributed by atoms with Crippen molar-refractivity contribution in [1.82, 2.24) is 5.32 Å². The van der Waals surface area contributed by atoms with Gasteiger partial charge in [0, 0.05) is 0 Å². The zero-order valence-corrected chi connectivity index (χ0v) is 8.85. The van der Waals surface area contributed by atoms with Crippen LogP contribution >= 0.6 is 11.6 Å². The van der Waals surface area contributed by atoms with Crippen molar-refractivity contribution >= 4 is 17.5 Å². The highest BCUT2D eigenvalue weighted by Gasteiger charge is 2.45. The second-order valence-electron chi connectivity index (χ2n) is 3.77. The summed E-state index contributed by atoms with van der Waals surface area (Å²) in [7, 11) is 0. The highest BCUT2D eigenvalue weighted by Crippen LogP contribution is 2.45. The number of hydrogen-bond donors (Lipinski definition) is 1. The molecule has 1 aliphatic carbocycles. The molecule has 0 aliphatic heterocycles. The van der Waals surface area contributed by atoms with E-state index in [0.717, 1.165) is 18.4 Å². The van der Waals surface area contributed by atoms with Crippen LogP contribution in [0.15, 0.2) is 24.3 Å². The van der Waals surface area contributed by atoms with Gasteiger partial charge in [0.25, 0.3) is 0 Å². The molecule has 0 unspecified atom stereocenters. The molecule has 0 aromatic heterocycles. The van der Waals surface area contributed by atoms with Gasteiger partial charge in [-0.1, -0.05) is 12.1 Å². The Kier molecular flexibility index (Phi) is 2.65. The number of alkyl halides is 1. The van der Waals surface area contributed by atoms with E-state index in [1.807, 2.05) is 6.07 Å². The number of rotatable bonds is 3. The Hall–Kier alpha value is -1.09. The van der Waals surface area contributed by atoms with Gasteiger partial charge in [-0.25, -0.2) is 4.39 Å². The topological polar surface area (TPSA) is 29.1 Å².